The van der Waals surface area contributed by atoms with Crippen LogP contribution in [0.25, 0.3) is 0 Å². The van der Waals surface area contributed by atoms with Gasteiger partial charge in [0.1, 0.15) is 0 Å². The lowest BCUT2D eigenvalue weighted by Crippen LogP contribution is -2.49. The molecule has 1 rings (SSSR count). The second-order valence-corrected chi connectivity index (χ2v) is 4.82. The summed E-state index contributed by atoms with van der Waals surface area (Å²) in [6.45, 7) is 5.42. The molecule has 2 N–H and O–H groups in total. The van der Waals surface area contributed by atoms with E-state index in [0.29, 0.717) is 32.6 Å². The fourth-order valence-electron chi connectivity index (χ4n) is 1.85. The Labute approximate surface area is 102 Å². The summed E-state index contributed by atoms with van der Waals surface area (Å²) in [5.74, 6) is -0.451. The van der Waals surface area contributed by atoms with E-state index in [9.17, 15) is 9.90 Å². The van der Waals surface area contributed by atoms with Gasteiger partial charge < -0.3 is 19.9 Å². The van der Waals surface area contributed by atoms with Crippen molar-refractivity contribution >= 4 is 5.97 Å². The summed E-state index contributed by atoms with van der Waals surface area (Å²) in [5, 5.41) is 13.4. The first-order chi connectivity index (χ1) is 7.98. The van der Waals surface area contributed by atoms with Crippen molar-refractivity contribution in [1.29, 1.82) is 0 Å². The van der Waals surface area contributed by atoms with E-state index in [1.165, 1.54) is 7.11 Å². The number of carbonyl (C=O) groups is 1. The minimum Gasteiger partial charge on any atom is -0.469 e. The molecule has 1 saturated heterocycles. The van der Waals surface area contributed by atoms with E-state index in [4.69, 9.17) is 4.74 Å². The summed E-state index contributed by atoms with van der Waals surface area (Å²) in [6.07, 6.45) is 1.28. The second kappa shape index (κ2) is 6.33. The standard InChI is InChI=1S/C12H23NO4/c1-9(11(14)16-3)10(2)13-8-12(15)4-6-17-7-5-12/h9-10,13,15H,4-8H2,1-3H3. The third-order valence-electron chi connectivity index (χ3n) is 3.50. The van der Waals surface area contributed by atoms with Crippen molar-refractivity contribution in [2.45, 2.75) is 38.3 Å². The SMILES string of the molecule is COC(=O)C(C)C(C)NCC1(O)CCOCC1. The molecule has 0 aromatic heterocycles. The Bertz CT molecular complexity index is 251. The Morgan fingerprint density at radius 3 is 2.59 bits per heavy atom. The molecule has 0 aliphatic carbocycles. The molecule has 1 aliphatic rings. The van der Waals surface area contributed by atoms with Gasteiger partial charge in [-0.2, -0.15) is 0 Å². The lowest BCUT2D eigenvalue weighted by atomic mass is 9.93. The highest BCUT2D eigenvalue weighted by atomic mass is 16.5. The summed E-state index contributed by atoms with van der Waals surface area (Å²) in [7, 11) is 1.39. The van der Waals surface area contributed by atoms with Crippen LogP contribution in [0.15, 0.2) is 0 Å². The minimum atomic E-state index is -0.706. The molecule has 0 radical (unpaired) electrons. The number of esters is 1. The van der Waals surface area contributed by atoms with Crippen LogP contribution >= 0.6 is 0 Å². The number of hydrogen-bond acceptors (Lipinski definition) is 5. The fraction of sp³-hybridized carbons (Fsp3) is 0.917. The average Bonchev–Trinajstić information content (AvgIpc) is 2.35. The highest BCUT2D eigenvalue weighted by molar-refractivity contribution is 5.72. The molecule has 5 heteroatoms. The van der Waals surface area contributed by atoms with Crippen molar-refractivity contribution < 1.29 is 19.4 Å². The van der Waals surface area contributed by atoms with Gasteiger partial charge in [0.25, 0.3) is 0 Å². The summed E-state index contributed by atoms with van der Waals surface area (Å²) in [5.41, 5.74) is -0.706. The normalized spacial score (nSPS) is 22.8. The van der Waals surface area contributed by atoms with Gasteiger partial charge in [0.2, 0.25) is 0 Å². The third-order valence-corrected chi connectivity index (χ3v) is 3.50. The van der Waals surface area contributed by atoms with Crippen LogP contribution in [0, 0.1) is 5.92 Å². The Morgan fingerprint density at radius 2 is 2.06 bits per heavy atom. The van der Waals surface area contributed by atoms with Gasteiger partial charge in [0.15, 0.2) is 0 Å². The lowest BCUT2D eigenvalue weighted by Gasteiger charge is -2.34. The maximum atomic E-state index is 11.3. The third kappa shape index (κ3) is 4.26. The van der Waals surface area contributed by atoms with Gasteiger partial charge in [-0.3, -0.25) is 4.79 Å². The van der Waals surface area contributed by atoms with Crippen molar-refractivity contribution in [1.82, 2.24) is 5.32 Å². The highest BCUT2D eigenvalue weighted by Gasteiger charge is 2.31. The molecule has 2 unspecified atom stereocenters. The predicted molar refractivity (Wildman–Crippen MR) is 63.6 cm³/mol. The van der Waals surface area contributed by atoms with Crippen molar-refractivity contribution in [2.24, 2.45) is 5.92 Å². The molecule has 5 nitrogen and oxygen atoms in total. The number of methoxy groups -OCH3 is 1. The number of ether oxygens (including phenoxy) is 2. The van der Waals surface area contributed by atoms with Crippen molar-refractivity contribution in [3.63, 3.8) is 0 Å². The predicted octanol–water partition coefficient (Wildman–Crippen LogP) is 0.315. The molecule has 1 heterocycles. The molecule has 0 bridgehead atoms. The lowest BCUT2D eigenvalue weighted by molar-refractivity contribution is -0.145. The summed E-state index contributed by atoms with van der Waals surface area (Å²) < 4.78 is 9.90. The van der Waals surface area contributed by atoms with Gasteiger partial charge >= 0.3 is 5.97 Å². The molecular formula is C12H23NO4. The van der Waals surface area contributed by atoms with Gasteiger partial charge in [-0.25, -0.2) is 0 Å². The second-order valence-electron chi connectivity index (χ2n) is 4.82. The molecule has 1 fully saturated rings. The molecule has 100 valence electrons. The molecule has 0 spiro atoms. The Balaban J connectivity index is 2.36. The molecule has 0 aromatic carbocycles. The van der Waals surface area contributed by atoms with Crippen LogP contribution in [-0.4, -0.2) is 49.6 Å². The number of nitrogens with one attached hydrogen (secondary N) is 1. The fourth-order valence-corrected chi connectivity index (χ4v) is 1.85. The van der Waals surface area contributed by atoms with Gasteiger partial charge in [-0.15, -0.1) is 0 Å². The van der Waals surface area contributed by atoms with Gasteiger partial charge in [-0.05, 0) is 6.92 Å². The number of hydrogen-bond donors (Lipinski definition) is 2. The van der Waals surface area contributed by atoms with Crippen LogP contribution in [0.2, 0.25) is 0 Å². The maximum Gasteiger partial charge on any atom is 0.309 e. The Morgan fingerprint density at radius 1 is 1.47 bits per heavy atom. The van der Waals surface area contributed by atoms with Crippen LogP contribution in [0.5, 0.6) is 0 Å². The van der Waals surface area contributed by atoms with Crippen LogP contribution < -0.4 is 5.32 Å². The quantitative estimate of drug-likeness (QED) is 0.683. The van der Waals surface area contributed by atoms with E-state index >= 15 is 0 Å². The van der Waals surface area contributed by atoms with E-state index in [2.05, 4.69) is 10.1 Å². The summed E-state index contributed by atoms with van der Waals surface area (Å²) >= 11 is 0. The zero-order valence-corrected chi connectivity index (χ0v) is 10.9. The van der Waals surface area contributed by atoms with Crippen LogP contribution in [0.4, 0.5) is 0 Å². The Kier molecular flexibility index (Phi) is 5.36. The van der Waals surface area contributed by atoms with Gasteiger partial charge in [-0.1, -0.05) is 6.92 Å². The highest BCUT2D eigenvalue weighted by Crippen LogP contribution is 2.19. The zero-order valence-electron chi connectivity index (χ0n) is 10.9. The van der Waals surface area contributed by atoms with E-state index in [1.807, 2.05) is 13.8 Å². The first-order valence-corrected chi connectivity index (χ1v) is 6.10. The molecule has 2 atom stereocenters. The monoisotopic (exact) mass is 245 g/mol. The average molecular weight is 245 g/mol. The summed E-state index contributed by atoms with van der Waals surface area (Å²) in [6, 6.07) is -0.0191. The maximum absolute atomic E-state index is 11.3. The largest absolute Gasteiger partial charge is 0.469 e. The van der Waals surface area contributed by atoms with E-state index < -0.39 is 5.60 Å². The molecule has 17 heavy (non-hydrogen) atoms. The molecule has 0 amide bonds. The Hall–Kier alpha value is -0.650. The molecule has 0 aromatic rings. The van der Waals surface area contributed by atoms with Crippen LogP contribution in [0.3, 0.4) is 0 Å². The van der Waals surface area contributed by atoms with Crippen molar-refractivity contribution in [2.75, 3.05) is 26.9 Å². The topological polar surface area (TPSA) is 67.8 Å². The molecule has 1 aliphatic heterocycles. The van der Waals surface area contributed by atoms with E-state index in [1.54, 1.807) is 0 Å². The summed E-state index contributed by atoms with van der Waals surface area (Å²) in [4.78, 5) is 11.3. The first-order valence-electron chi connectivity index (χ1n) is 6.10. The van der Waals surface area contributed by atoms with Crippen molar-refractivity contribution in [3.8, 4) is 0 Å². The van der Waals surface area contributed by atoms with Gasteiger partial charge in [0.05, 0.1) is 18.6 Å². The van der Waals surface area contributed by atoms with Gasteiger partial charge in [0, 0.05) is 38.6 Å². The smallest absolute Gasteiger partial charge is 0.309 e. The van der Waals surface area contributed by atoms with Crippen molar-refractivity contribution in [3.05, 3.63) is 0 Å². The number of rotatable bonds is 5. The van der Waals surface area contributed by atoms with Crippen LogP contribution in [0.1, 0.15) is 26.7 Å². The van der Waals surface area contributed by atoms with E-state index in [-0.39, 0.29) is 17.9 Å². The first kappa shape index (κ1) is 14.4. The molecular weight excluding hydrogens is 222 g/mol. The number of aliphatic hydroxyl groups is 1. The van der Waals surface area contributed by atoms with E-state index in [0.717, 1.165) is 0 Å². The number of carbonyl (C=O) groups excluding carboxylic acids is 1. The molecule has 0 saturated carbocycles. The minimum absolute atomic E-state index is 0.0191. The van der Waals surface area contributed by atoms with Crippen LogP contribution in [-0.2, 0) is 14.3 Å². The zero-order chi connectivity index (χ0) is 12.9.